The number of likely N-dealkylation sites (N-methyl/N-ethyl adjacent to an activating group) is 1. The van der Waals surface area contributed by atoms with Crippen molar-refractivity contribution in [3.63, 3.8) is 0 Å². The third-order valence-electron chi connectivity index (χ3n) is 5.02. The van der Waals surface area contributed by atoms with Crippen LogP contribution in [0.25, 0.3) is 0 Å². The van der Waals surface area contributed by atoms with Crippen LogP contribution in [0.5, 0.6) is 0 Å². The Labute approximate surface area is 175 Å². The molecule has 0 radical (unpaired) electrons. The van der Waals surface area contributed by atoms with Crippen molar-refractivity contribution in [1.82, 2.24) is 4.90 Å². The molecule has 1 unspecified atom stereocenters. The number of anilines is 2. The summed E-state index contributed by atoms with van der Waals surface area (Å²) >= 11 is 6.01. The molecule has 7 heteroatoms. The lowest BCUT2D eigenvalue weighted by Gasteiger charge is -2.21. The van der Waals surface area contributed by atoms with E-state index in [9.17, 15) is 14.4 Å². The molecule has 1 aliphatic heterocycles. The second-order valence-corrected chi connectivity index (χ2v) is 7.57. The van der Waals surface area contributed by atoms with Crippen LogP contribution in [0.1, 0.15) is 18.9 Å². The number of hydrogen-bond acceptors (Lipinski definition) is 3. The number of carbonyl (C=O) groups excluding carboxylic acids is 3. The van der Waals surface area contributed by atoms with Crippen LogP contribution in [0.2, 0.25) is 5.02 Å². The molecule has 1 heterocycles. The summed E-state index contributed by atoms with van der Waals surface area (Å²) in [6.45, 7) is 2.23. The predicted molar refractivity (Wildman–Crippen MR) is 114 cm³/mol. The number of rotatable bonds is 6. The van der Waals surface area contributed by atoms with Gasteiger partial charge in [-0.2, -0.15) is 0 Å². The molecule has 3 rings (SSSR count). The van der Waals surface area contributed by atoms with Gasteiger partial charge in [0.1, 0.15) is 0 Å². The van der Waals surface area contributed by atoms with Crippen molar-refractivity contribution in [1.29, 1.82) is 0 Å². The van der Waals surface area contributed by atoms with Gasteiger partial charge in [0.05, 0.1) is 12.5 Å². The second-order valence-electron chi connectivity index (χ2n) is 7.14. The van der Waals surface area contributed by atoms with Crippen molar-refractivity contribution in [2.75, 3.05) is 30.4 Å². The van der Waals surface area contributed by atoms with E-state index in [1.54, 1.807) is 36.2 Å². The number of nitrogens with zero attached hydrogens (tertiary/aromatic N) is 2. The molecular weight excluding hydrogens is 390 g/mol. The Kier molecular flexibility index (Phi) is 6.54. The Morgan fingerprint density at radius 1 is 1.21 bits per heavy atom. The van der Waals surface area contributed by atoms with Gasteiger partial charge < -0.3 is 15.1 Å². The largest absolute Gasteiger partial charge is 0.336 e. The van der Waals surface area contributed by atoms with Gasteiger partial charge in [-0.25, -0.2) is 0 Å². The number of para-hydroxylation sites is 1. The lowest BCUT2D eigenvalue weighted by molar-refractivity contribution is -0.137. The van der Waals surface area contributed by atoms with Crippen molar-refractivity contribution < 1.29 is 14.4 Å². The standard InChI is InChI=1S/C22H24ClN3O3/c1-3-15-7-4-5-10-19(15)24-20(27)14-25(2)22(29)16-11-21(28)26(13-16)18-9-6-8-17(23)12-18/h4-10,12,16H,3,11,13-14H2,1-2H3,(H,24,27). The molecule has 0 bridgehead atoms. The Morgan fingerprint density at radius 3 is 2.69 bits per heavy atom. The Morgan fingerprint density at radius 2 is 1.97 bits per heavy atom. The minimum atomic E-state index is -0.484. The number of hydrogen-bond donors (Lipinski definition) is 1. The minimum Gasteiger partial charge on any atom is -0.336 e. The Bertz CT molecular complexity index is 931. The molecular formula is C22H24ClN3O3. The summed E-state index contributed by atoms with van der Waals surface area (Å²) < 4.78 is 0. The average Bonchev–Trinajstić information content (AvgIpc) is 3.09. The summed E-state index contributed by atoms with van der Waals surface area (Å²) in [6, 6.07) is 14.6. The molecule has 29 heavy (non-hydrogen) atoms. The van der Waals surface area contributed by atoms with Gasteiger partial charge in [0.2, 0.25) is 17.7 Å². The molecule has 6 nitrogen and oxygen atoms in total. The summed E-state index contributed by atoms with van der Waals surface area (Å²) in [7, 11) is 1.58. The van der Waals surface area contributed by atoms with Crippen LogP contribution in [0.4, 0.5) is 11.4 Å². The molecule has 0 aliphatic carbocycles. The Balaban J connectivity index is 1.60. The van der Waals surface area contributed by atoms with E-state index in [-0.39, 0.29) is 37.2 Å². The molecule has 1 saturated heterocycles. The fourth-order valence-electron chi connectivity index (χ4n) is 3.51. The van der Waals surface area contributed by atoms with Gasteiger partial charge in [0.15, 0.2) is 0 Å². The van der Waals surface area contributed by atoms with Crippen molar-refractivity contribution in [2.24, 2.45) is 5.92 Å². The number of benzene rings is 2. The molecule has 152 valence electrons. The topological polar surface area (TPSA) is 69.7 Å². The molecule has 3 amide bonds. The highest BCUT2D eigenvalue weighted by Gasteiger charge is 2.36. The van der Waals surface area contributed by atoms with Gasteiger partial charge in [0, 0.05) is 36.4 Å². The van der Waals surface area contributed by atoms with E-state index in [2.05, 4.69) is 5.32 Å². The van der Waals surface area contributed by atoms with E-state index in [4.69, 9.17) is 11.6 Å². The third-order valence-corrected chi connectivity index (χ3v) is 5.26. The number of amides is 3. The third kappa shape index (κ3) is 4.95. The van der Waals surface area contributed by atoms with Crippen molar-refractivity contribution in [2.45, 2.75) is 19.8 Å². The smallest absolute Gasteiger partial charge is 0.243 e. The first-order valence-corrected chi connectivity index (χ1v) is 9.95. The normalized spacial score (nSPS) is 16.0. The first-order chi connectivity index (χ1) is 13.9. The quantitative estimate of drug-likeness (QED) is 0.789. The van der Waals surface area contributed by atoms with E-state index < -0.39 is 5.92 Å². The highest BCUT2D eigenvalue weighted by Crippen LogP contribution is 2.28. The summed E-state index contributed by atoms with van der Waals surface area (Å²) in [5.41, 5.74) is 2.46. The van der Waals surface area contributed by atoms with Crippen molar-refractivity contribution >= 4 is 40.7 Å². The number of nitrogens with one attached hydrogen (secondary N) is 1. The predicted octanol–water partition coefficient (Wildman–Crippen LogP) is 3.35. The molecule has 0 spiro atoms. The zero-order valence-electron chi connectivity index (χ0n) is 16.5. The van der Waals surface area contributed by atoms with Crippen LogP contribution in [0, 0.1) is 5.92 Å². The summed E-state index contributed by atoms with van der Waals surface area (Å²) in [6.07, 6.45) is 0.921. The van der Waals surface area contributed by atoms with Gasteiger partial charge in [-0.1, -0.05) is 42.8 Å². The zero-order valence-corrected chi connectivity index (χ0v) is 17.3. The second kappa shape index (κ2) is 9.09. The molecule has 0 aromatic heterocycles. The average molecular weight is 414 g/mol. The molecule has 2 aromatic carbocycles. The van der Waals surface area contributed by atoms with Crippen LogP contribution < -0.4 is 10.2 Å². The van der Waals surface area contributed by atoms with Gasteiger partial charge >= 0.3 is 0 Å². The molecule has 1 N–H and O–H groups in total. The van der Waals surface area contributed by atoms with E-state index in [1.165, 1.54) is 4.90 Å². The van der Waals surface area contributed by atoms with Crippen LogP contribution in [-0.2, 0) is 20.8 Å². The van der Waals surface area contributed by atoms with Gasteiger partial charge in [0.25, 0.3) is 0 Å². The minimum absolute atomic E-state index is 0.0707. The fourth-order valence-corrected chi connectivity index (χ4v) is 3.70. The van der Waals surface area contributed by atoms with E-state index in [0.29, 0.717) is 10.7 Å². The monoisotopic (exact) mass is 413 g/mol. The SMILES string of the molecule is CCc1ccccc1NC(=O)CN(C)C(=O)C1CC(=O)N(c2cccc(Cl)c2)C1. The lowest BCUT2D eigenvalue weighted by atomic mass is 10.1. The fraction of sp³-hybridized carbons (Fsp3) is 0.318. The van der Waals surface area contributed by atoms with Gasteiger partial charge in [-0.3, -0.25) is 14.4 Å². The lowest BCUT2D eigenvalue weighted by Crippen LogP contribution is -2.39. The maximum Gasteiger partial charge on any atom is 0.243 e. The van der Waals surface area contributed by atoms with E-state index in [1.807, 2.05) is 31.2 Å². The van der Waals surface area contributed by atoms with E-state index in [0.717, 1.165) is 17.7 Å². The van der Waals surface area contributed by atoms with Crippen molar-refractivity contribution in [3.05, 3.63) is 59.1 Å². The molecule has 2 aromatic rings. The molecule has 1 fully saturated rings. The van der Waals surface area contributed by atoms with Gasteiger partial charge in [-0.05, 0) is 36.2 Å². The molecule has 0 saturated carbocycles. The molecule has 1 aliphatic rings. The number of aryl methyl sites for hydroxylation is 1. The maximum atomic E-state index is 12.8. The Hall–Kier alpha value is -2.86. The van der Waals surface area contributed by atoms with Crippen LogP contribution in [0.15, 0.2) is 48.5 Å². The highest BCUT2D eigenvalue weighted by atomic mass is 35.5. The highest BCUT2D eigenvalue weighted by molar-refractivity contribution is 6.31. The van der Waals surface area contributed by atoms with Crippen LogP contribution in [-0.4, -0.2) is 42.8 Å². The van der Waals surface area contributed by atoms with E-state index >= 15 is 0 Å². The number of halogens is 1. The van der Waals surface area contributed by atoms with Gasteiger partial charge in [-0.15, -0.1) is 0 Å². The summed E-state index contributed by atoms with van der Waals surface area (Å²) in [5.74, 6) is -1.10. The zero-order chi connectivity index (χ0) is 21.0. The maximum absolute atomic E-state index is 12.8. The van der Waals surface area contributed by atoms with Crippen molar-refractivity contribution in [3.8, 4) is 0 Å². The first kappa shape index (κ1) is 20.9. The number of carbonyl (C=O) groups is 3. The summed E-state index contributed by atoms with van der Waals surface area (Å²) in [5, 5.41) is 3.40. The first-order valence-electron chi connectivity index (χ1n) is 9.57. The van der Waals surface area contributed by atoms with Crippen LogP contribution in [0.3, 0.4) is 0 Å². The molecule has 1 atom stereocenters. The summed E-state index contributed by atoms with van der Waals surface area (Å²) in [4.78, 5) is 40.5. The van der Waals surface area contributed by atoms with Crippen LogP contribution >= 0.6 is 11.6 Å².